The van der Waals surface area contributed by atoms with E-state index in [0.717, 1.165) is 30.3 Å². The first kappa shape index (κ1) is 17.0. The van der Waals surface area contributed by atoms with Crippen LogP contribution in [0.1, 0.15) is 24.8 Å². The van der Waals surface area contributed by atoms with E-state index in [4.69, 9.17) is 9.15 Å². The van der Waals surface area contributed by atoms with Gasteiger partial charge in [-0.05, 0) is 37.0 Å². The highest BCUT2D eigenvalue weighted by molar-refractivity contribution is 5.82. The number of fused-ring (bicyclic) bond motifs is 1. The van der Waals surface area contributed by atoms with Crippen molar-refractivity contribution in [1.29, 1.82) is 0 Å². The van der Waals surface area contributed by atoms with Gasteiger partial charge in [0.2, 0.25) is 5.91 Å². The zero-order valence-corrected chi connectivity index (χ0v) is 14.7. The molecule has 1 aromatic carbocycles. The van der Waals surface area contributed by atoms with E-state index >= 15 is 0 Å². The Morgan fingerprint density at radius 2 is 1.96 bits per heavy atom. The van der Waals surface area contributed by atoms with Gasteiger partial charge in [0.05, 0.1) is 6.42 Å². The van der Waals surface area contributed by atoms with Crippen LogP contribution in [-0.2, 0) is 20.7 Å². The highest BCUT2D eigenvalue weighted by Gasteiger charge is 2.30. The standard InChI is InChI=1S/C19H23N3O4/c23-18(12-14-4-5-15-17(11-14)26-13-20-15)21-6-2-7-22(9-8-21)19(24)16-3-1-10-25-16/h4-5,11,13,16H,1-3,6-10,12H2. The molecule has 2 amide bonds. The first-order valence-corrected chi connectivity index (χ1v) is 9.21. The summed E-state index contributed by atoms with van der Waals surface area (Å²) in [7, 11) is 0. The van der Waals surface area contributed by atoms with Crippen molar-refractivity contribution in [3.8, 4) is 0 Å². The van der Waals surface area contributed by atoms with Crippen LogP contribution in [-0.4, -0.2) is 65.5 Å². The summed E-state index contributed by atoms with van der Waals surface area (Å²) in [6.07, 6.45) is 4.00. The first-order valence-electron chi connectivity index (χ1n) is 9.21. The van der Waals surface area contributed by atoms with Gasteiger partial charge in [-0.2, -0.15) is 0 Å². The maximum absolute atomic E-state index is 12.7. The zero-order valence-electron chi connectivity index (χ0n) is 14.7. The van der Waals surface area contributed by atoms with Crippen molar-refractivity contribution in [2.45, 2.75) is 31.8 Å². The van der Waals surface area contributed by atoms with Gasteiger partial charge in [0.25, 0.3) is 5.91 Å². The fourth-order valence-corrected chi connectivity index (χ4v) is 3.66. The average molecular weight is 357 g/mol. The number of carbonyl (C=O) groups is 2. The molecule has 7 nitrogen and oxygen atoms in total. The maximum Gasteiger partial charge on any atom is 0.251 e. The predicted octanol–water partition coefficient (Wildman–Crippen LogP) is 1.61. The van der Waals surface area contributed by atoms with Crippen LogP contribution >= 0.6 is 0 Å². The molecule has 0 spiro atoms. The quantitative estimate of drug-likeness (QED) is 0.834. The van der Waals surface area contributed by atoms with Crippen LogP contribution in [0.5, 0.6) is 0 Å². The minimum absolute atomic E-state index is 0.0765. The number of carbonyl (C=O) groups excluding carboxylic acids is 2. The number of aromatic nitrogens is 1. The highest BCUT2D eigenvalue weighted by Crippen LogP contribution is 2.18. The van der Waals surface area contributed by atoms with Crippen molar-refractivity contribution in [1.82, 2.24) is 14.8 Å². The molecular formula is C19H23N3O4. The fourth-order valence-electron chi connectivity index (χ4n) is 3.66. The maximum atomic E-state index is 12.7. The lowest BCUT2D eigenvalue weighted by atomic mass is 10.1. The Balaban J connectivity index is 1.35. The molecule has 0 aliphatic carbocycles. The van der Waals surface area contributed by atoms with Gasteiger partial charge in [-0.25, -0.2) is 4.98 Å². The van der Waals surface area contributed by atoms with Crippen LogP contribution in [0.3, 0.4) is 0 Å². The van der Waals surface area contributed by atoms with Gasteiger partial charge in [0, 0.05) is 32.8 Å². The monoisotopic (exact) mass is 357 g/mol. The number of rotatable bonds is 3. The molecule has 0 N–H and O–H groups in total. The molecule has 2 aliphatic heterocycles. The minimum atomic E-state index is -0.286. The first-order chi connectivity index (χ1) is 12.7. The second-order valence-corrected chi connectivity index (χ2v) is 6.89. The Labute approximate surface area is 151 Å². The van der Waals surface area contributed by atoms with Crippen molar-refractivity contribution < 1.29 is 18.7 Å². The molecule has 0 saturated carbocycles. The van der Waals surface area contributed by atoms with Crippen molar-refractivity contribution in [3.63, 3.8) is 0 Å². The number of ether oxygens (including phenoxy) is 1. The van der Waals surface area contributed by atoms with Gasteiger partial charge < -0.3 is 19.0 Å². The molecule has 2 saturated heterocycles. The van der Waals surface area contributed by atoms with Crippen LogP contribution in [0.2, 0.25) is 0 Å². The molecule has 26 heavy (non-hydrogen) atoms. The summed E-state index contributed by atoms with van der Waals surface area (Å²) in [5.74, 6) is 0.155. The number of hydrogen-bond acceptors (Lipinski definition) is 5. The Morgan fingerprint density at radius 3 is 2.81 bits per heavy atom. The third kappa shape index (κ3) is 3.58. The number of amides is 2. The van der Waals surface area contributed by atoms with Gasteiger partial charge in [-0.1, -0.05) is 6.07 Å². The molecule has 2 aromatic rings. The molecule has 138 valence electrons. The lowest BCUT2D eigenvalue weighted by Crippen LogP contribution is -2.42. The van der Waals surface area contributed by atoms with E-state index in [1.807, 2.05) is 28.0 Å². The summed E-state index contributed by atoms with van der Waals surface area (Å²) in [6, 6.07) is 5.64. The molecule has 7 heteroatoms. The zero-order chi connectivity index (χ0) is 17.9. The van der Waals surface area contributed by atoms with Crippen molar-refractivity contribution >= 4 is 22.9 Å². The van der Waals surface area contributed by atoms with Crippen LogP contribution in [0.25, 0.3) is 11.1 Å². The molecule has 1 unspecified atom stereocenters. The van der Waals surface area contributed by atoms with E-state index in [2.05, 4.69) is 4.98 Å². The highest BCUT2D eigenvalue weighted by atomic mass is 16.5. The van der Waals surface area contributed by atoms with E-state index in [0.29, 0.717) is 44.8 Å². The molecular weight excluding hydrogens is 334 g/mol. The SMILES string of the molecule is O=C(Cc1ccc2ncoc2c1)N1CCCN(C(=O)C2CCCO2)CC1. The largest absolute Gasteiger partial charge is 0.443 e. The van der Waals surface area contributed by atoms with Crippen LogP contribution in [0.4, 0.5) is 0 Å². The van der Waals surface area contributed by atoms with Crippen LogP contribution in [0.15, 0.2) is 29.0 Å². The molecule has 0 radical (unpaired) electrons. The Bertz CT molecular complexity index is 797. The lowest BCUT2D eigenvalue weighted by molar-refractivity contribution is -0.141. The third-order valence-corrected chi connectivity index (χ3v) is 5.12. The second kappa shape index (κ2) is 7.45. The Kier molecular flexibility index (Phi) is 4.88. The fraction of sp³-hybridized carbons (Fsp3) is 0.526. The molecule has 3 heterocycles. The Morgan fingerprint density at radius 1 is 1.12 bits per heavy atom. The van der Waals surface area contributed by atoms with Gasteiger partial charge in [0.1, 0.15) is 11.6 Å². The number of oxazole rings is 1. The van der Waals surface area contributed by atoms with Crippen molar-refractivity contribution in [3.05, 3.63) is 30.2 Å². The summed E-state index contributed by atoms with van der Waals surface area (Å²) in [6.45, 7) is 3.18. The van der Waals surface area contributed by atoms with E-state index in [1.54, 1.807) is 0 Å². The molecule has 2 aliphatic rings. The Hall–Kier alpha value is -2.41. The van der Waals surface area contributed by atoms with Gasteiger partial charge in [-0.15, -0.1) is 0 Å². The summed E-state index contributed by atoms with van der Waals surface area (Å²) < 4.78 is 10.8. The van der Waals surface area contributed by atoms with E-state index in [1.165, 1.54) is 6.39 Å². The molecule has 1 atom stereocenters. The molecule has 4 rings (SSSR count). The summed E-state index contributed by atoms with van der Waals surface area (Å²) in [5.41, 5.74) is 2.40. The summed E-state index contributed by atoms with van der Waals surface area (Å²) in [5, 5.41) is 0. The van der Waals surface area contributed by atoms with Crippen molar-refractivity contribution in [2.75, 3.05) is 32.8 Å². The van der Waals surface area contributed by atoms with Gasteiger partial charge in [-0.3, -0.25) is 9.59 Å². The summed E-state index contributed by atoms with van der Waals surface area (Å²) in [4.78, 5) is 33.0. The normalized spacial score (nSPS) is 21.2. The number of nitrogens with zero attached hydrogens (tertiary/aromatic N) is 3. The van der Waals surface area contributed by atoms with Crippen LogP contribution < -0.4 is 0 Å². The molecule has 2 fully saturated rings. The number of hydrogen-bond donors (Lipinski definition) is 0. The van der Waals surface area contributed by atoms with E-state index in [9.17, 15) is 9.59 Å². The molecule has 0 bridgehead atoms. The topological polar surface area (TPSA) is 75.9 Å². The molecule has 1 aromatic heterocycles. The van der Waals surface area contributed by atoms with E-state index < -0.39 is 0 Å². The lowest BCUT2D eigenvalue weighted by Gasteiger charge is -2.24. The van der Waals surface area contributed by atoms with E-state index in [-0.39, 0.29) is 17.9 Å². The predicted molar refractivity (Wildman–Crippen MR) is 94.5 cm³/mol. The van der Waals surface area contributed by atoms with Crippen molar-refractivity contribution in [2.24, 2.45) is 0 Å². The average Bonchev–Trinajstić information content (AvgIpc) is 3.28. The third-order valence-electron chi connectivity index (χ3n) is 5.12. The second-order valence-electron chi connectivity index (χ2n) is 6.89. The smallest absolute Gasteiger partial charge is 0.251 e. The van der Waals surface area contributed by atoms with Gasteiger partial charge in [0.15, 0.2) is 12.0 Å². The minimum Gasteiger partial charge on any atom is -0.443 e. The number of benzene rings is 1. The van der Waals surface area contributed by atoms with Gasteiger partial charge >= 0.3 is 0 Å². The summed E-state index contributed by atoms with van der Waals surface area (Å²) >= 11 is 0. The van der Waals surface area contributed by atoms with Crippen LogP contribution in [0, 0.1) is 0 Å².